The van der Waals surface area contributed by atoms with Gasteiger partial charge in [0.1, 0.15) is 0 Å². The number of aliphatic hydroxyl groups excluding tert-OH is 1. The van der Waals surface area contributed by atoms with E-state index in [-0.39, 0.29) is 11.0 Å². The highest BCUT2D eigenvalue weighted by atomic mass is 19.4. The topological polar surface area (TPSA) is 20.2 Å². The van der Waals surface area contributed by atoms with Gasteiger partial charge in [-0.25, -0.2) is 0 Å². The van der Waals surface area contributed by atoms with Crippen molar-refractivity contribution in [3.63, 3.8) is 0 Å². The smallest absolute Gasteiger partial charge is 0.389 e. The molecule has 0 aromatic heterocycles. The van der Waals surface area contributed by atoms with Gasteiger partial charge in [0, 0.05) is 0 Å². The van der Waals surface area contributed by atoms with Crippen LogP contribution < -0.4 is 0 Å². The van der Waals surface area contributed by atoms with Crippen molar-refractivity contribution in [2.45, 2.75) is 45.4 Å². The Kier molecular flexibility index (Phi) is 4.46. The highest BCUT2D eigenvalue weighted by Gasteiger charge is 2.34. The SMILES string of the molecule is CC(O)/C=C(\c1ccc(C(C)(C)C)cc1)C(F)(F)F. The van der Waals surface area contributed by atoms with Crippen LogP contribution in [0.3, 0.4) is 0 Å². The summed E-state index contributed by atoms with van der Waals surface area (Å²) in [5, 5.41) is 9.15. The molecule has 106 valence electrons. The van der Waals surface area contributed by atoms with Crippen molar-refractivity contribution in [1.29, 1.82) is 0 Å². The molecule has 4 heteroatoms. The molecule has 0 aliphatic rings. The predicted octanol–water partition coefficient (Wildman–Crippen LogP) is 4.31. The molecule has 0 radical (unpaired) electrons. The number of hydrogen-bond donors (Lipinski definition) is 1. The normalized spacial score (nSPS) is 15.5. The van der Waals surface area contributed by atoms with Gasteiger partial charge >= 0.3 is 6.18 Å². The van der Waals surface area contributed by atoms with Crippen LogP contribution in [0.15, 0.2) is 30.3 Å². The fraction of sp³-hybridized carbons (Fsp3) is 0.467. The minimum absolute atomic E-state index is 0.0707. The summed E-state index contributed by atoms with van der Waals surface area (Å²) >= 11 is 0. The summed E-state index contributed by atoms with van der Waals surface area (Å²) in [6, 6.07) is 6.28. The molecular weight excluding hydrogens is 253 g/mol. The Labute approximate surface area is 111 Å². The number of allylic oxidation sites excluding steroid dienone is 1. The molecule has 0 heterocycles. The van der Waals surface area contributed by atoms with E-state index >= 15 is 0 Å². The first-order valence-corrected chi connectivity index (χ1v) is 6.10. The van der Waals surface area contributed by atoms with Crippen molar-refractivity contribution >= 4 is 5.57 Å². The zero-order valence-corrected chi connectivity index (χ0v) is 11.5. The molecule has 0 spiro atoms. The molecule has 1 nitrogen and oxygen atoms in total. The molecule has 0 saturated carbocycles. The number of aliphatic hydroxyl groups is 1. The van der Waals surface area contributed by atoms with Crippen LogP contribution in [0.1, 0.15) is 38.8 Å². The van der Waals surface area contributed by atoms with Gasteiger partial charge in [-0.05, 0) is 29.5 Å². The van der Waals surface area contributed by atoms with Crippen LogP contribution in [0, 0.1) is 0 Å². The fourth-order valence-corrected chi connectivity index (χ4v) is 1.75. The van der Waals surface area contributed by atoms with Crippen LogP contribution in [-0.4, -0.2) is 17.4 Å². The third kappa shape index (κ3) is 4.39. The molecule has 0 fully saturated rings. The lowest BCUT2D eigenvalue weighted by Crippen LogP contribution is -2.14. The first-order valence-electron chi connectivity index (χ1n) is 6.10. The number of hydrogen-bond acceptors (Lipinski definition) is 1. The maximum Gasteiger partial charge on any atom is 0.416 e. The van der Waals surface area contributed by atoms with E-state index in [1.54, 1.807) is 12.1 Å². The summed E-state index contributed by atoms with van der Waals surface area (Å²) in [4.78, 5) is 0. The molecule has 0 bridgehead atoms. The second-order valence-corrected chi connectivity index (χ2v) is 5.65. The molecule has 19 heavy (non-hydrogen) atoms. The molecule has 1 unspecified atom stereocenters. The maximum absolute atomic E-state index is 12.9. The van der Waals surface area contributed by atoms with Gasteiger partial charge in [0.2, 0.25) is 0 Å². The van der Waals surface area contributed by atoms with Crippen molar-refractivity contribution in [1.82, 2.24) is 0 Å². The Bertz CT molecular complexity index is 448. The highest BCUT2D eigenvalue weighted by molar-refractivity contribution is 5.70. The van der Waals surface area contributed by atoms with Crippen molar-refractivity contribution < 1.29 is 18.3 Å². The minimum atomic E-state index is -4.47. The van der Waals surface area contributed by atoms with Gasteiger partial charge in [-0.2, -0.15) is 13.2 Å². The lowest BCUT2D eigenvalue weighted by molar-refractivity contribution is -0.0694. The van der Waals surface area contributed by atoms with E-state index in [1.807, 2.05) is 20.8 Å². The molecule has 0 saturated heterocycles. The maximum atomic E-state index is 12.9. The molecule has 0 amide bonds. The molecule has 0 aliphatic carbocycles. The Morgan fingerprint density at radius 3 is 1.89 bits per heavy atom. The molecule has 1 rings (SSSR count). The quantitative estimate of drug-likeness (QED) is 0.850. The van der Waals surface area contributed by atoms with Gasteiger partial charge in [-0.1, -0.05) is 45.0 Å². The van der Waals surface area contributed by atoms with Gasteiger partial charge in [-0.3, -0.25) is 0 Å². The summed E-state index contributed by atoms with van der Waals surface area (Å²) < 4.78 is 38.8. The van der Waals surface area contributed by atoms with Crippen molar-refractivity contribution in [3.05, 3.63) is 41.5 Å². The van der Waals surface area contributed by atoms with Crippen LogP contribution in [-0.2, 0) is 5.41 Å². The second-order valence-electron chi connectivity index (χ2n) is 5.65. The third-order valence-corrected chi connectivity index (χ3v) is 2.78. The monoisotopic (exact) mass is 272 g/mol. The lowest BCUT2D eigenvalue weighted by atomic mass is 9.86. The zero-order valence-electron chi connectivity index (χ0n) is 11.5. The molecule has 1 N–H and O–H groups in total. The van der Waals surface area contributed by atoms with Gasteiger partial charge in [0.15, 0.2) is 0 Å². The molecule has 0 aliphatic heterocycles. The van der Waals surface area contributed by atoms with E-state index in [4.69, 9.17) is 5.11 Å². The Morgan fingerprint density at radius 2 is 1.58 bits per heavy atom. The summed E-state index contributed by atoms with van der Waals surface area (Å²) in [6.45, 7) is 7.30. The first kappa shape index (κ1) is 15.8. The van der Waals surface area contributed by atoms with Crippen LogP contribution in [0.5, 0.6) is 0 Å². The van der Waals surface area contributed by atoms with Crippen LogP contribution in [0.4, 0.5) is 13.2 Å². The second kappa shape index (κ2) is 5.37. The number of benzene rings is 1. The van der Waals surface area contributed by atoms with Crippen molar-refractivity contribution in [3.8, 4) is 0 Å². The molecule has 1 aromatic rings. The van der Waals surface area contributed by atoms with Gasteiger partial charge in [0.25, 0.3) is 0 Å². The Hall–Kier alpha value is -1.29. The molecule has 1 atom stereocenters. The average Bonchev–Trinajstić information content (AvgIpc) is 2.23. The van der Waals surface area contributed by atoms with E-state index in [1.165, 1.54) is 19.1 Å². The molecular formula is C15H19F3O. The minimum Gasteiger partial charge on any atom is -0.389 e. The Morgan fingerprint density at radius 1 is 1.11 bits per heavy atom. The van der Waals surface area contributed by atoms with E-state index in [9.17, 15) is 13.2 Å². The number of rotatable bonds is 2. The number of alkyl halides is 3. The summed E-state index contributed by atoms with van der Waals surface area (Å²) in [7, 11) is 0. The fourth-order valence-electron chi connectivity index (χ4n) is 1.75. The van der Waals surface area contributed by atoms with Crippen LogP contribution in [0.25, 0.3) is 5.57 Å². The average molecular weight is 272 g/mol. The van der Waals surface area contributed by atoms with Crippen molar-refractivity contribution in [2.75, 3.05) is 0 Å². The lowest BCUT2D eigenvalue weighted by Gasteiger charge is -2.20. The first-order chi connectivity index (χ1) is 8.51. The molecule has 1 aromatic carbocycles. The van der Waals surface area contributed by atoms with E-state index < -0.39 is 17.9 Å². The van der Waals surface area contributed by atoms with E-state index in [2.05, 4.69) is 0 Å². The zero-order chi connectivity index (χ0) is 14.8. The highest BCUT2D eigenvalue weighted by Crippen LogP contribution is 2.35. The summed E-state index contributed by atoms with van der Waals surface area (Å²) in [6.07, 6.45) is -4.79. The van der Waals surface area contributed by atoms with E-state index in [0.717, 1.165) is 11.6 Å². The van der Waals surface area contributed by atoms with Gasteiger partial charge < -0.3 is 5.11 Å². The predicted molar refractivity (Wildman–Crippen MR) is 70.9 cm³/mol. The number of halogens is 3. The summed E-state index contributed by atoms with van der Waals surface area (Å²) in [5.74, 6) is 0. The Balaban J connectivity index is 3.20. The standard InChI is InChI=1S/C15H19F3O/c1-10(19)9-13(15(16,17)18)11-5-7-12(8-6-11)14(2,3)4/h5-10,19H,1-4H3/b13-9+. The van der Waals surface area contributed by atoms with Crippen LogP contribution >= 0.6 is 0 Å². The summed E-state index contributed by atoms with van der Waals surface area (Å²) in [5.41, 5.74) is 0.129. The van der Waals surface area contributed by atoms with Gasteiger partial charge in [-0.15, -0.1) is 0 Å². The third-order valence-electron chi connectivity index (χ3n) is 2.78. The van der Waals surface area contributed by atoms with E-state index in [0.29, 0.717) is 0 Å². The van der Waals surface area contributed by atoms with Crippen molar-refractivity contribution in [2.24, 2.45) is 0 Å². The van der Waals surface area contributed by atoms with Gasteiger partial charge in [0.05, 0.1) is 11.7 Å². The largest absolute Gasteiger partial charge is 0.416 e. The van der Waals surface area contributed by atoms with Crippen LogP contribution in [0.2, 0.25) is 0 Å².